The molecule has 0 N–H and O–H groups in total. The second kappa shape index (κ2) is 4.19. The summed E-state index contributed by atoms with van der Waals surface area (Å²) in [6.45, 7) is 0.876. The molecule has 3 rings (SSSR count). The Balaban J connectivity index is 1.95. The van der Waals surface area contributed by atoms with E-state index in [1.807, 2.05) is 24.3 Å². The van der Waals surface area contributed by atoms with Crippen molar-refractivity contribution in [2.45, 2.75) is 18.0 Å². The summed E-state index contributed by atoms with van der Waals surface area (Å²) in [7, 11) is -3.44. The molecule has 0 saturated heterocycles. The zero-order chi connectivity index (χ0) is 12.6. The first-order valence-electron chi connectivity index (χ1n) is 5.65. The maximum absolute atomic E-state index is 12.4. The van der Waals surface area contributed by atoms with Gasteiger partial charge in [-0.3, -0.25) is 4.98 Å². The molecule has 5 heteroatoms. The molecule has 0 atom stereocenters. The van der Waals surface area contributed by atoms with Gasteiger partial charge in [0.2, 0.25) is 10.0 Å². The van der Waals surface area contributed by atoms with Crippen LogP contribution in [0, 0.1) is 0 Å². The van der Waals surface area contributed by atoms with Crippen LogP contribution in [0.15, 0.2) is 53.7 Å². The second-order valence-corrected chi connectivity index (χ2v) is 6.17. The molecule has 2 heterocycles. The van der Waals surface area contributed by atoms with Crippen LogP contribution in [0.4, 0.5) is 0 Å². The fourth-order valence-electron chi connectivity index (χ4n) is 2.12. The predicted octanol–water partition coefficient (Wildman–Crippen LogP) is 1.79. The topological polar surface area (TPSA) is 50.3 Å². The van der Waals surface area contributed by atoms with E-state index in [1.165, 1.54) is 10.5 Å². The zero-order valence-corrected chi connectivity index (χ0v) is 10.5. The Morgan fingerprint density at radius 1 is 1.00 bits per heavy atom. The van der Waals surface area contributed by atoms with Crippen LogP contribution in [-0.4, -0.2) is 17.7 Å². The van der Waals surface area contributed by atoms with E-state index in [0.29, 0.717) is 13.1 Å². The van der Waals surface area contributed by atoms with E-state index in [-0.39, 0.29) is 4.90 Å². The van der Waals surface area contributed by atoms with Crippen molar-refractivity contribution in [3.05, 3.63) is 59.9 Å². The highest BCUT2D eigenvalue weighted by Crippen LogP contribution is 2.27. The van der Waals surface area contributed by atoms with E-state index in [2.05, 4.69) is 4.98 Å². The van der Waals surface area contributed by atoms with Gasteiger partial charge in [0, 0.05) is 25.5 Å². The first kappa shape index (κ1) is 11.4. The lowest BCUT2D eigenvalue weighted by Crippen LogP contribution is -2.25. The number of aromatic nitrogens is 1. The van der Waals surface area contributed by atoms with Crippen LogP contribution in [0.2, 0.25) is 0 Å². The molecule has 1 aromatic carbocycles. The molecule has 18 heavy (non-hydrogen) atoms. The molecule has 0 fully saturated rings. The first-order valence-corrected chi connectivity index (χ1v) is 7.09. The Bertz CT molecular complexity index is 643. The molecule has 0 saturated carbocycles. The largest absolute Gasteiger partial charge is 0.263 e. The van der Waals surface area contributed by atoms with Crippen molar-refractivity contribution in [1.82, 2.24) is 9.29 Å². The molecule has 1 aliphatic rings. The number of fused-ring (bicyclic) bond motifs is 1. The fourth-order valence-corrected chi connectivity index (χ4v) is 3.48. The Morgan fingerprint density at radius 2 is 1.67 bits per heavy atom. The molecule has 4 nitrogen and oxygen atoms in total. The molecule has 0 aliphatic carbocycles. The molecule has 1 aliphatic heterocycles. The van der Waals surface area contributed by atoms with Gasteiger partial charge in [-0.15, -0.1) is 0 Å². The van der Waals surface area contributed by atoms with E-state index in [9.17, 15) is 8.42 Å². The maximum atomic E-state index is 12.4. The Hall–Kier alpha value is -1.72. The predicted molar refractivity (Wildman–Crippen MR) is 67.1 cm³/mol. The minimum Gasteiger partial charge on any atom is -0.263 e. The van der Waals surface area contributed by atoms with E-state index >= 15 is 0 Å². The van der Waals surface area contributed by atoms with Crippen molar-refractivity contribution in [2.75, 3.05) is 0 Å². The molecule has 92 valence electrons. The Kier molecular flexibility index (Phi) is 2.65. The summed E-state index contributed by atoms with van der Waals surface area (Å²) < 4.78 is 26.3. The SMILES string of the molecule is O=S(=O)(c1cccnc1)N1Cc2ccccc2C1. The Morgan fingerprint density at radius 3 is 2.22 bits per heavy atom. The molecular formula is C13H12N2O2S. The van der Waals surface area contributed by atoms with Gasteiger partial charge >= 0.3 is 0 Å². The van der Waals surface area contributed by atoms with Crippen molar-refractivity contribution >= 4 is 10.0 Å². The van der Waals surface area contributed by atoms with E-state index in [4.69, 9.17) is 0 Å². The van der Waals surface area contributed by atoms with Crippen LogP contribution in [0.5, 0.6) is 0 Å². The lowest BCUT2D eigenvalue weighted by molar-refractivity contribution is 0.431. The highest BCUT2D eigenvalue weighted by Gasteiger charge is 2.30. The van der Waals surface area contributed by atoms with Crippen molar-refractivity contribution in [3.8, 4) is 0 Å². The minimum atomic E-state index is -3.44. The third kappa shape index (κ3) is 1.81. The smallest absolute Gasteiger partial charge is 0.245 e. The van der Waals surface area contributed by atoms with Crippen molar-refractivity contribution in [1.29, 1.82) is 0 Å². The monoisotopic (exact) mass is 260 g/mol. The number of benzene rings is 1. The van der Waals surface area contributed by atoms with E-state index < -0.39 is 10.0 Å². The quantitative estimate of drug-likeness (QED) is 0.827. The molecule has 0 unspecified atom stereocenters. The van der Waals surface area contributed by atoms with Crippen molar-refractivity contribution in [3.63, 3.8) is 0 Å². The minimum absolute atomic E-state index is 0.248. The summed E-state index contributed by atoms with van der Waals surface area (Å²) >= 11 is 0. The summed E-state index contributed by atoms with van der Waals surface area (Å²) in [6, 6.07) is 11.0. The van der Waals surface area contributed by atoms with Gasteiger partial charge in [0.15, 0.2) is 0 Å². The standard InChI is InChI=1S/C13H12N2O2S/c16-18(17,13-6-3-7-14-8-13)15-9-11-4-1-2-5-12(11)10-15/h1-8H,9-10H2. The Labute approximate surface area is 106 Å². The third-order valence-corrected chi connectivity index (χ3v) is 4.86. The number of rotatable bonds is 2. The average molecular weight is 260 g/mol. The summed E-state index contributed by atoms with van der Waals surface area (Å²) in [5.74, 6) is 0. The van der Waals surface area contributed by atoms with Gasteiger partial charge in [-0.05, 0) is 23.3 Å². The molecule has 0 spiro atoms. The van der Waals surface area contributed by atoms with E-state index in [1.54, 1.807) is 18.3 Å². The van der Waals surface area contributed by atoms with Crippen LogP contribution in [-0.2, 0) is 23.1 Å². The zero-order valence-electron chi connectivity index (χ0n) is 9.65. The molecule has 0 radical (unpaired) electrons. The summed E-state index contributed by atoms with van der Waals surface area (Å²) in [4.78, 5) is 4.11. The highest BCUT2D eigenvalue weighted by molar-refractivity contribution is 7.89. The van der Waals surface area contributed by atoms with Gasteiger partial charge in [-0.25, -0.2) is 8.42 Å². The van der Waals surface area contributed by atoms with Gasteiger partial charge in [0.25, 0.3) is 0 Å². The van der Waals surface area contributed by atoms with Crippen molar-refractivity contribution in [2.24, 2.45) is 0 Å². The molecule has 0 bridgehead atoms. The highest BCUT2D eigenvalue weighted by atomic mass is 32.2. The van der Waals surface area contributed by atoms with Crippen LogP contribution in [0.3, 0.4) is 0 Å². The summed E-state index contributed by atoms with van der Waals surface area (Å²) in [6.07, 6.45) is 2.95. The number of hydrogen-bond acceptors (Lipinski definition) is 3. The fraction of sp³-hybridized carbons (Fsp3) is 0.154. The summed E-state index contributed by atoms with van der Waals surface area (Å²) in [5.41, 5.74) is 2.15. The molecule has 1 aromatic heterocycles. The number of nitrogens with zero attached hydrogens (tertiary/aromatic N) is 2. The lowest BCUT2D eigenvalue weighted by atomic mass is 10.1. The van der Waals surface area contributed by atoms with Gasteiger partial charge in [0.1, 0.15) is 4.90 Å². The second-order valence-electron chi connectivity index (χ2n) is 4.23. The third-order valence-electron chi connectivity index (χ3n) is 3.08. The molecular weight excluding hydrogens is 248 g/mol. The van der Waals surface area contributed by atoms with Crippen LogP contribution >= 0.6 is 0 Å². The normalized spacial score (nSPS) is 15.6. The van der Waals surface area contributed by atoms with Crippen LogP contribution in [0.25, 0.3) is 0 Å². The summed E-state index contributed by atoms with van der Waals surface area (Å²) in [5, 5.41) is 0. The van der Waals surface area contributed by atoms with Gasteiger partial charge in [-0.1, -0.05) is 24.3 Å². The van der Waals surface area contributed by atoms with Gasteiger partial charge < -0.3 is 0 Å². The average Bonchev–Trinajstić information content (AvgIpc) is 2.84. The van der Waals surface area contributed by atoms with Crippen LogP contribution in [0.1, 0.15) is 11.1 Å². The van der Waals surface area contributed by atoms with Crippen LogP contribution < -0.4 is 0 Å². The maximum Gasteiger partial charge on any atom is 0.245 e. The molecule has 2 aromatic rings. The first-order chi connectivity index (χ1) is 8.68. The van der Waals surface area contributed by atoms with Gasteiger partial charge in [-0.2, -0.15) is 4.31 Å². The number of sulfonamides is 1. The van der Waals surface area contributed by atoms with E-state index in [0.717, 1.165) is 11.1 Å². The number of pyridine rings is 1. The van der Waals surface area contributed by atoms with Gasteiger partial charge in [0.05, 0.1) is 0 Å². The lowest BCUT2D eigenvalue weighted by Gasteiger charge is -2.14. The van der Waals surface area contributed by atoms with Crippen molar-refractivity contribution < 1.29 is 8.42 Å². The number of hydrogen-bond donors (Lipinski definition) is 0. The molecule has 0 amide bonds.